The molecule has 1 rings (SSSR count). The molecule has 0 radical (unpaired) electrons. The first-order chi connectivity index (χ1) is 7.58. The summed E-state index contributed by atoms with van der Waals surface area (Å²) in [5, 5.41) is 0.370. The molecule has 0 bridgehead atoms. The SMILES string of the molecule is CCOC(=O)Cc1cc(C)cc(Cl)c1C=O. The van der Waals surface area contributed by atoms with E-state index in [0.717, 1.165) is 5.56 Å². The van der Waals surface area contributed by atoms with Crippen molar-refractivity contribution in [2.24, 2.45) is 0 Å². The van der Waals surface area contributed by atoms with Gasteiger partial charge in [0.25, 0.3) is 0 Å². The van der Waals surface area contributed by atoms with Crippen LogP contribution in [0.3, 0.4) is 0 Å². The first kappa shape index (κ1) is 12.7. The number of hydrogen-bond donors (Lipinski definition) is 0. The molecule has 1 aromatic carbocycles. The first-order valence-electron chi connectivity index (χ1n) is 4.98. The smallest absolute Gasteiger partial charge is 0.310 e. The number of aryl methyl sites for hydroxylation is 1. The number of benzene rings is 1. The van der Waals surface area contributed by atoms with Gasteiger partial charge in [-0.05, 0) is 31.0 Å². The summed E-state index contributed by atoms with van der Waals surface area (Å²) in [6, 6.07) is 3.46. The van der Waals surface area contributed by atoms with Crippen LogP contribution in [-0.2, 0) is 16.0 Å². The lowest BCUT2D eigenvalue weighted by Gasteiger charge is -2.07. The van der Waals surface area contributed by atoms with E-state index < -0.39 is 0 Å². The van der Waals surface area contributed by atoms with E-state index in [4.69, 9.17) is 16.3 Å². The third-order valence-electron chi connectivity index (χ3n) is 2.12. The maximum absolute atomic E-state index is 11.3. The molecule has 16 heavy (non-hydrogen) atoms. The first-order valence-corrected chi connectivity index (χ1v) is 5.36. The molecule has 0 amide bonds. The zero-order valence-electron chi connectivity index (χ0n) is 9.25. The molecule has 0 spiro atoms. The fourth-order valence-corrected chi connectivity index (χ4v) is 1.81. The maximum atomic E-state index is 11.3. The molecule has 3 nitrogen and oxygen atoms in total. The Morgan fingerprint density at radius 1 is 1.50 bits per heavy atom. The van der Waals surface area contributed by atoms with Gasteiger partial charge in [0.1, 0.15) is 0 Å². The fraction of sp³-hybridized carbons (Fsp3) is 0.333. The van der Waals surface area contributed by atoms with E-state index in [1.165, 1.54) is 0 Å². The van der Waals surface area contributed by atoms with Crippen molar-refractivity contribution in [3.63, 3.8) is 0 Å². The Labute approximate surface area is 99.4 Å². The highest BCUT2D eigenvalue weighted by Gasteiger charge is 2.12. The second kappa shape index (κ2) is 5.66. The molecule has 0 heterocycles. The molecular formula is C12H13ClO3. The van der Waals surface area contributed by atoms with Gasteiger partial charge < -0.3 is 4.74 Å². The number of hydrogen-bond acceptors (Lipinski definition) is 3. The third-order valence-corrected chi connectivity index (χ3v) is 2.43. The number of rotatable bonds is 4. The predicted octanol–water partition coefficient (Wildman–Crippen LogP) is 2.57. The van der Waals surface area contributed by atoms with E-state index in [0.29, 0.717) is 29.0 Å². The molecule has 1 aromatic rings. The third kappa shape index (κ3) is 3.07. The Balaban J connectivity index is 3.02. The summed E-state index contributed by atoms with van der Waals surface area (Å²) < 4.78 is 4.83. The van der Waals surface area contributed by atoms with Crippen LogP contribution in [0.25, 0.3) is 0 Å². The average molecular weight is 241 g/mol. The van der Waals surface area contributed by atoms with Gasteiger partial charge in [-0.25, -0.2) is 0 Å². The molecule has 0 aliphatic rings. The summed E-state index contributed by atoms with van der Waals surface area (Å²) >= 11 is 5.91. The molecule has 4 heteroatoms. The standard InChI is InChI=1S/C12H13ClO3/c1-3-16-12(15)6-9-4-8(2)5-11(13)10(9)7-14/h4-5,7H,3,6H2,1-2H3. The van der Waals surface area contributed by atoms with Crippen LogP contribution in [0.1, 0.15) is 28.4 Å². The lowest BCUT2D eigenvalue weighted by atomic mass is 10.0. The summed E-state index contributed by atoms with van der Waals surface area (Å²) in [7, 11) is 0. The minimum Gasteiger partial charge on any atom is -0.466 e. The summed E-state index contributed by atoms with van der Waals surface area (Å²) in [4.78, 5) is 22.2. The van der Waals surface area contributed by atoms with Crippen LogP contribution in [0.4, 0.5) is 0 Å². The number of carbonyl (C=O) groups is 2. The zero-order valence-corrected chi connectivity index (χ0v) is 10.0. The number of ether oxygens (including phenoxy) is 1. The molecule has 0 N–H and O–H groups in total. The quantitative estimate of drug-likeness (QED) is 0.600. The van der Waals surface area contributed by atoms with Crippen molar-refractivity contribution in [1.82, 2.24) is 0 Å². The van der Waals surface area contributed by atoms with E-state index in [1.807, 2.05) is 6.92 Å². The summed E-state index contributed by atoms with van der Waals surface area (Å²) in [6.07, 6.45) is 0.736. The summed E-state index contributed by atoms with van der Waals surface area (Å²) in [5.74, 6) is -0.354. The molecule has 0 aliphatic heterocycles. The minimum absolute atomic E-state index is 0.0727. The Hall–Kier alpha value is -1.35. The second-order valence-corrected chi connectivity index (χ2v) is 3.83. The average Bonchev–Trinajstić information content (AvgIpc) is 2.17. The normalized spacial score (nSPS) is 9.94. The van der Waals surface area contributed by atoms with E-state index in [-0.39, 0.29) is 12.4 Å². The van der Waals surface area contributed by atoms with Crippen LogP contribution >= 0.6 is 11.6 Å². The number of halogens is 1. The van der Waals surface area contributed by atoms with Gasteiger partial charge in [-0.1, -0.05) is 17.7 Å². The molecular weight excluding hydrogens is 228 g/mol. The molecule has 0 aliphatic carbocycles. The Morgan fingerprint density at radius 3 is 2.75 bits per heavy atom. The van der Waals surface area contributed by atoms with Gasteiger partial charge >= 0.3 is 5.97 Å². The maximum Gasteiger partial charge on any atom is 0.310 e. The predicted molar refractivity (Wildman–Crippen MR) is 61.9 cm³/mol. The van der Waals surface area contributed by atoms with Crippen LogP contribution in [0.5, 0.6) is 0 Å². The lowest BCUT2D eigenvalue weighted by molar-refractivity contribution is -0.142. The van der Waals surface area contributed by atoms with Gasteiger partial charge in [-0.3, -0.25) is 9.59 Å². The van der Waals surface area contributed by atoms with Gasteiger partial charge in [0.05, 0.1) is 18.1 Å². The molecule has 0 saturated heterocycles. The molecule has 0 unspecified atom stereocenters. The lowest BCUT2D eigenvalue weighted by Crippen LogP contribution is -2.09. The highest BCUT2D eigenvalue weighted by molar-refractivity contribution is 6.33. The zero-order chi connectivity index (χ0) is 12.1. The highest BCUT2D eigenvalue weighted by atomic mass is 35.5. The number of esters is 1. The van der Waals surface area contributed by atoms with Gasteiger partial charge in [0, 0.05) is 5.56 Å². The van der Waals surface area contributed by atoms with Crippen molar-refractivity contribution in [2.45, 2.75) is 20.3 Å². The van der Waals surface area contributed by atoms with Gasteiger partial charge in [-0.15, -0.1) is 0 Å². The summed E-state index contributed by atoms with van der Waals surface area (Å²) in [6.45, 7) is 3.92. The van der Waals surface area contributed by atoms with E-state index in [1.54, 1.807) is 19.1 Å². The Kier molecular flexibility index (Phi) is 4.50. The minimum atomic E-state index is -0.354. The topological polar surface area (TPSA) is 43.4 Å². The Morgan fingerprint density at radius 2 is 2.19 bits per heavy atom. The van der Waals surface area contributed by atoms with Crippen molar-refractivity contribution < 1.29 is 14.3 Å². The van der Waals surface area contributed by atoms with Gasteiger partial charge in [0.2, 0.25) is 0 Å². The van der Waals surface area contributed by atoms with E-state index in [9.17, 15) is 9.59 Å². The highest BCUT2D eigenvalue weighted by Crippen LogP contribution is 2.21. The van der Waals surface area contributed by atoms with Gasteiger partial charge in [-0.2, -0.15) is 0 Å². The fourth-order valence-electron chi connectivity index (χ4n) is 1.47. The second-order valence-electron chi connectivity index (χ2n) is 3.42. The van der Waals surface area contributed by atoms with Crippen molar-refractivity contribution in [3.05, 3.63) is 33.8 Å². The van der Waals surface area contributed by atoms with Crippen LogP contribution in [0, 0.1) is 6.92 Å². The molecule has 0 saturated carbocycles. The van der Waals surface area contributed by atoms with E-state index >= 15 is 0 Å². The van der Waals surface area contributed by atoms with Crippen LogP contribution < -0.4 is 0 Å². The molecule has 86 valence electrons. The van der Waals surface area contributed by atoms with Crippen LogP contribution in [0.15, 0.2) is 12.1 Å². The van der Waals surface area contributed by atoms with Crippen molar-refractivity contribution in [2.75, 3.05) is 6.61 Å². The molecule has 0 fully saturated rings. The molecule has 0 atom stereocenters. The van der Waals surface area contributed by atoms with Crippen LogP contribution in [0.2, 0.25) is 5.02 Å². The van der Waals surface area contributed by atoms with Crippen molar-refractivity contribution >= 4 is 23.9 Å². The van der Waals surface area contributed by atoms with Gasteiger partial charge in [0.15, 0.2) is 6.29 Å². The summed E-state index contributed by atoms with van der Waals surface area (Å²) in [5.41, 5.74) is 1.88. The Bertz CT molecular complexity index is 413. The monoisotopic (exact) mass is 240 g/mol. The van der Waals surface area contributed by atoms with Crippen molar-refractivity contribution in [1.29, 1.82) is 0 Å². The largest absolute Gasteiger partial charge is 0.466 e. The number of aldehydes is 1. The van der Waals surface area contributed by atoms with Crippen molar-refractivity contribution in [3.8, 4) is 0 Å². The molecule has 0 aromatic heterocycles. The van der Waals surface area contributed by atoms with Crippen LogP contribution in [-0.4, -0.2) is 18.9 Å². The van der Waals surface area contributed by atoms with E-state index in [2.05, 4.69) is 0 Å². The number of carbonyl (C=O) groups excluding carboxylic acids is 2.